The molecule has 0 aliphatic heterocycles. The van der Waals surface area contributed by atoms with Crippen molar-refractivity contribution in [2.45, 2.75) is 26.9 Å². The van der Waals surface area contributed by atoms with Crippen molar-refractivity contribution in [3.8, 4) is 5.75 Å². The number of halogens is 1. The molecule has 1 atom stereocenters. The number of hydrogen-bond donors (Lipinski definition) is 1. The second-order valence-corrected chi connectivity index (χ2v) is 5.73. The molecule has 5 heteroatoms. The number of benzene rings is 2. The van der Waals surface area contributed by atoms with Crippen molar-refractivity contribution in [2.75, 3.05) is 5.32 Å². The van der Waals surface area contributed by atoms with E-state index in [1.54, 1.807) is 49.4 Å². The summed E-state index contributed by atoms with van der Waals surface area (Å²) in [6, 6.07) is 11.9. The molecule has 0 aliphatic carbocycles. The van der Waals surface area contributed by atoms with E-state index in [2.05, 4.69) is 5.32 Å². The number of amides is 1. The number of carbonyl (C=O) groups excluding carboxylic acids is 2. The van der Waals surface area contributed by atoms with Crippen LogP contribution in [0.3, 0.4) is 0 Å². The fourth-order valence-corrected chi connectivity index (χ4v) is 2.25. The van der Waals surface area contributed by atoms with Gasteiger partial charge in [0.2, 0.25) is 0 Å². The molecule has 23 heavy (non-hydrogen) atoms. The summed E-state index contributed by atoms with van der Waals surface area (Å²) in [5, 5.41) is 3.43. The van der Waals surface area contributed by atoms with E-state index in [-0.39, 0.29) is 11.7 Å². The Labute approximate surface area is 140 Å². The molecule has 1 amide bonds. The number of Topliss-reactive ketones (excluding diaryl/α,β-unsaturated/α-hetero) is 1. The zero-order valence-corrected chi connectivity index (χ0v) is 14.0. The van der Waals surface area contributed by atoms with Gasteiger partial charge in [0.25, 0.3) is 5.91 Å². The van der Waals surface area contributed by atoms with Gasteiger partial charge < -0.3 is 10.1 Å². The summed E-state index contributed by atoms with van der Waals surface area (Å²) >= 11 is 5.90. The van der Waals surface area contributed by atoms with Gasteiger partial charge in [0.15, 0.2) is 11.9 Å². The number of ether oxygens (including phenoxy) is 1. The summed E-state index contributed by atoms with van der Waals surface area (Å²) in [7, 11) is 0. The summed E-state index contributed by atoms with van der Waals surface area (Å²) in [5.74, 6) is 0.261. The van der Waals surface area contributed by atoms with Crippen LogP contribution in [0.4, 0.5) is 5.69 Å². The van der Waals surface area contributed by atoms with Crippen LogP contribution in [-0.2, 0) is 4.79 Å². The number of ketones is 1. The number of anilines is 1. The van der Waals surface area contributed by atoms with Crippen molar-refractivity contribution in [3.05, 3.63) is 58.6 Å². The van der Waals surface area contributed by atoms with Crippen LogP contribution in [0.5, 0.6) is 5.75 Å². The van der Waals surface area contributed by atoms with E-state index in [1.165, 1.54) is 6.92 Å². The van der Waals surface area contributed by atoms with Gasteiger partial charge in [-0.05, 0) is 68.8 Å². The molecule has 0 fully saturated rings. The normalized spacial score (nSPS) is 11.7. The van der Waals surface area contributed by atoms with Gasteiger partial charge in [0, 0.05) is 16.3 Å². The Hall–Kier alpha value is -2.33. The lowest BCUT2D eigenvalue weighted by atomic mass is 10.1. The van der Waals surface area contributed by atoms with Crippen LogP contribution in [-0.4, -0.2) is 17.8 Å². The molecule has 2 aromatic rings. The molecule has 0 aromatic heterocycles. The third-order valence-electron chi connectivity index (χ3n) is 3.39. The van der Waals surface area contributed by atoms with E-state index in [9.17, 15) is 9.59 Å². The van der Waals surface area contributed by atoms with Crippen molar-refractivity contribution in [2.24, 2.45) is 0 Å². The first-order chi connectivity index (χ1) is 10.9. The van der Waals surface area contributed by atoms with E-state index >= 15 is 0 Å². The Morgan fingerprint density at radius 2 is 1.78 bits per heavy atom. The van der Waals surface area contributed by atoms with E-state index in [0.29, 0.717) is 22.0 Å². The van der Waals surface area contributed by atoms with Gasteiger partial charge >= 0.3 is 0 Å². The maximum atomic E-state index is 12.2. The first-order valence-electron chi connectivity index (χ1n) is 7.21. The molecular formula is C18H18ClNO3. The van der Waals surface area contributed by atoms with Crippen LogP contribution in [0.25, 0.3) is 0 Å². The van der Waals surface area contributed by atoms with E-state index in [4.69, 9.17) is 16.3 Å². The monoisotopic (exact) mass is 331 g/mol. The first kappa shape index (κ1) is 17.0. The third kappa shape index (κ3) is 4.57. The summed E-state index contributed by atoms with van der Waals surface area (Å²) in [5.41, 5.74) is 2.18. The fourth-order valence-electron chi connectivity index (χ4n) is 2.03. The van der Waals surface area contributed by atoms with Gasteiger partial charge in [0.1, 0.15) is 5.75 Å². The van der Waals surface area contributed by atoms with Crippen LogP contribution in [0.2, 0.25) is 5.02 Å². The summed E-state index contributed by atoms with van der Waals surface area (Å²) in [4.78, 5) is 23.4. The maximum Gasteiger partial charge on any atom is 0.265 e. The summed E-state index contributed by atoms with van der Waals surface area (Å²) in [6.07, 6.45) is -0.673. The molecule has 0 bridgehead atoms. The van der Waals surface area contributed by atoms with Crippen LogP contribution < -0.4 is 10.1 Å². The Morgan fingerprint density at radius 1 is 1.13 bits per heavy atom. The Balaban J connectivity index is 2.00. The minimum atomic E-state index is -0.673. The quantitative estimate of drug-likeness (QED) is 0.833. The zero-order valence-electron chi connectivity index (χ0n) is 13.2. The third-order valence-corrected chi connectivity index (χ3v) is 3.62. The topological polar surface area (TPSA) is 55.4 Å². The van der Waals surface area contributed by atoms with Gasteiger partial charge in [-0.25, -0.2) is 0 Å². The largest absolute Gasteiger partial charge is 0.481 e. The van der Waals surface area contributed by atoms with Gasteiger partial charge in [-0.2, -0.15) is 0 Å². The number of rotatable bonds is 5. The van der Waals surface area contributed by atoms with E-state index in [0.717, 1.165) is 5.56 Å². The van der Waals surface area contributed by atoms with E-state index < -0.39 is 6.10 Å². The molecule has 0 spiro atoms. The average Bonchev–Trinajstić information content (AvgIpc) is 2.50. The van der Waals surface area contributed by atoms with E-state index in [1.807, 2.05) is 6.92 Å². The highest BCUT2D eigenvalue weighted by atomic mass is 35.5. The van der Waals surface area contributed by atoms with Gasteiger partial charge in [-0.1, -0.05) is 11.6 Å². The van der Waals surface area contributed by atoms with Gasteiger partial charge in [-0.15, -0.1) is 0 Å². The van der Waals surface area contributed by atoms with Crippen molar-refractivity contribution in [1.82, 2.24) is 0 Å². The minimum absolute atomic E-state index is 0.0134. The smallest absolute Gasteiger partial charge is 0.265 e. The second-order valence-electron chi connectivity index (χ2n) is 5.29. The Kier molecular flexibility index (Phi) is 5.40. The van der Waals surface area contributed by atoms with Crippen LogP contribution in [0, 0.1) is 6.92 Å². The molecule has 1 unspecified atom stereocenters. The molecule has 120 valence electrons. The standard InChI is InChI=1S/C18H18ClNO3/c1-11-10-15(19)6-9-17(11)20-18(22)13(3)23-16-7-4-14(5-8-16)12(2)21/h4-10,13H,1-3H3,(H,20,22). The summed E-state index contributed by atoms with van der Waals surface area (Å²) in [6.45, 7) is 5.04. The number of carbonyl (C=O) groups is 2. The average molecular weight is 332 g/mol. The lowest BCUT2D eigenvalue weighted by Crippen LogP contribution is -2.30. The van der Waals surface area contributed by atoms with Crippen molar-refractivity contribution < 1.29 is 14.3 Å². The van der Waals surface area contributed by atoms with Crippen LogP contribution in [0.1, 0.15) is 29.8 Å². The predicted octanol–water partition coefficient (Wildman–Crippen LogP) is 4.26. The minimum Gasteiger partial charge on any atom is -0.481 e. The SMILES string of the molecule is CC(=O)c1ccc(OC(C)C(=O)Nc2ccc(Cl)cc2C)cc1. The van der Waals surface area contributed by atoms with Gasteiger partial charge in [-0.3, -0.25) is 9.59 Å². The second kappa shape index (κ2) is 7.29. The van der Waals surface area contributed by atoms with Crippen molar-refractivity contribution >= 4 is 29.0 Å². The fraction of sp³-hybridized carbons (Fsp3) is 0.222. The Bertz CT molecular complexity index is 726. The van der Waals surface area contributed by atoms with Crippen LogP contribution >= 0.6 is 11.6 Å². The number of nitrogens with one attached hydrogen (secondary N) is 1. The molecule has 0 aliphatic rings. The number of hydrogen-bond acceptors (Lipinski definition) is 3. The van der Waals surface area contributed by atoms with Gasteiger partial charge in [0.05, 0.1) is 0 Å². The molecule has 0 saturated carbocycles. The maximum absolute atomic E-state index is 12.2. The molecule has 2 rings (SSSR count). The van der Waals surface area contributed by atoms with Crippen molar-refractivity contribution in [3.63, 3.8) is 0 Å². The molecule has 1 N–H and O–H groups in total. The zero-order chi connectivity index (χ0) is 17.0. The number of aryl methyl sites for hydroxylation is 1. The molecule has 0 heterocycles. The molecule has 2 aromatic carbocycles. The highest BCUT2D eigenvalue weighted by Crippen LogP contribution is 2.20. The highest BCUT2D eigenvalue weighted by molar-refractivity contribution is 6.30. The van der Waals surface area contributed by atoms with Crippen molar-refractivity contribution in [1.29, 1.82) is 0 Å². The molecule has 0 saturated heterocycles. The Morgan fingerprint density at radius 3 is 2.35 bits per heavy atom. The lowest BCUT2D eigenvalue weighted by Gasteiger charge is -2.16. The highest BCUT2D eigenvalue weighted by Gasteiger charge is 2.16. The van der Waals surface area contributed by atoms with Crippen LogP contribution in [0.15, 0.2) is 42.5 Å². The molecule has 0 radical (unpaired) electrons. The molecular weight excluding hydrogens is 314 g/mol. The molecule has 4 nitrogen and oxygen atoms in total. The first-order valence-corrected chi connectivity index (χ1v) is 7.59. The predicted molar refractivity (Wildman–Crippen MR) is 91.4 cm³/mol. The lowest BCUT2D eigenvalue weighted by molar-refractivity contribution is -0.122. The summed E-state index contributed by atoms with van der Waals surface area (Å²) < 4.78 is 5.60.